The lowest BCUT2D eigenvalue weighted by molar-refractivity contribution is 0.105. The van der Waals surface area contributed by atoms with Crippen LogP contribution in [-0.2, 0) is 0 Å². The van der Waals surface area contributed by atoms with Gasteiger partial charge in [0, 0.05) is 12.1 Å². The van der Waals surface area contributed by atoms with Gasteiger partial charge in [0.15, 0.2) is 0 Å². The fourth-order valence-corrected chi connectivity index (χ4v) is 3.22. The van der Waals surface area contributed by atoms with Gasteiger partial charge < -0.3 is 10.2 Å². The second-order valence-corrected chi connectivity index (χ2v) is 5.30. The van der Waals surface area contributed by atoms with Crippen LogP contribution in [0.4, 0.5) is 0 Å². The van der Waals surface area contributed by atoms with Crippen molar-refractivity contribution in [2.45, 2.75) is 64.1 Å². The molecule has 1 aliphatic rings. The highest BCUT2D eigenvalue weighted by atomic mass is 16.3. The van der Waals surface area contributed by atoms with Gasteiger partial charge in [-0.1, -0.05) is 26.7 Å². The molecule has 102 valence electrons. The molecule has 3 heteroatoms. The molecule has 2 rings (SSSR count). The molecular weight excluding hydrogens is 224 g/mol. The van der Waals surface area contributed by atoms with Gasteiger partial charge in [-0.05, 0) is 37.9 Å². The van der Waals surface area contributed by atoms with Crippen LogP contribution in [0.5, 0.6) is 0 Å². The Bertz CT molecular complexity index is 330. The monoisotopic (exact) mass is 250 g/mol. The maximum absolute atomic E-state index is 6.35. The summed E-state index contributed by atoms with van der Waals surface area (Å²) in [6.07, 6.45) is 8.06. The zero-order chi connectivity index (χ0) is 13.0. The molecule has 1 aliphatic carbocycles. The van der Waals surface area contributed by atoms with E-state index >= 15 is 0 Å². The smallest absolute Gasteiger partial charge is 0.122 e. The van der Waals surface area contributed by atoms with E-state index in [2.05, 4.69) is 24.8 Å². The summed E-state index contributed by atoms with van der Waals surface area (Å²) in [5.74, 6) is 1.03. The molecule has 0 aliphatic heterocycles. The summed E-state index contributed by atoms with van der Waals surface area (Å²) in [7, 11) is 0. The lowest BCUT2D eigenvalue weighted by Gasteiger charge is -2.37. The molecule has 1 fully saturated rings. The summed E-state index contributed by atoms with van der Waals surface area (Å²) in [5.41, 5.74) is 6.35. The van der Waals surface area contributed by atoms with Crippen LogP contribution in [0, 0.1) is 0 Å². The zero-order valence-electron chi connectivity index (χ0n) is 11.6. The van der Waals surface area contributed by atoms with Crippen molar-refractivity contribution in [3.63, 3.8) is 0 Å². The van der Waals surface area contributed by atoms with Gasteiger partial charge >= 0.3 is 0 Å². The average Bonchev–Trinajstić information content (AvgIpc) is 3.07. The molecule has 0 spiro atoms. The van der Waals surface area contributed by atoms with Gasteiger partial charge in [-0.2, -0.15) is 0 Å². The molecule has 0 amide bonds. The van der Waals surface area contributed by atoms with Crippen molar-refractivity contribution in [3.05, 3.63) is 24.2 Å². The zero-order valence-corrected chi connectivity index (χ0v) is 11.6. The van der Waals surface area contributed by atoms with E-state index < -0.39 is 0 Å². The predicted molar refractivity (Wildman–Crippen MR) is 74.4 cm³/mol. The van der Waals surface area contributed by atoms with E-state index in [1.54, 1.807) is 6.26 Å². The minimum absolute atomic E-state index is 0.150. The number of likely N-dealkylation sites (N-methyl/N-ethyl adjacent to an activating group) is 1. The van der Waals surface area contributed by atoms with Gasteiger partial charge in [-0.15, -0.1) is 0 Å². The summed E-state index contributed by atoms with van der Waals surface area (Å²) < 4.78 is 5.64. The van der Waals surface area contributed by atoms with Crippen molar-refractivity contribution in [1.82, 2.24) is 4.90 Å². The number of hydrogen-bond acceptors (Lipinski definition) is 3. The van der Waals surface area contributed by atoms with Crippen LogP contribution in [0.3, 0.4) is 0 Å². The van der Waals surface area contributed by atoms with Crippen molar-refractivity contribution >= 4 is 0 Å². The second kappa shape index (κ2) is 6.39. The molecule has 0 aromatic carbocycles. The highest BCUT2D eigenvalue weighted by molar-refractivity contribution is 5.08. The highest BCUT2D eigenvalue weighted by Crippen LogP contribution is 2.33. The van der Waals surface area contributed by atoms with E-state index in [1.165, 1.54) is 25.7 Å². The first-order valence-corrected chi connectivity index (χ1v) is 7.32. The lowest BCUT2D eigenvalue weighted by Crippen LogP contribution is -2.45. The molecule has 0 radical (unpaired) electrons. The van der Waals surface area contributed by atoms with Crippen molar-refractivity contribution in [3.8, 4) is 0 Å². The SMILES string of the molecule is CCC(N)C(c1ccco1)N(CC)C1CCCC1. The Morgan fingerprint density at radius 2 is 2.11 bits per heavy atom. The molecular formula is C15H26N2O. The normalized spacial score (nSPS) is 20.4. The van der Waals surface area contributed by atoms with Crippen molar-refractivity contribution < 1.29 is 4.42 Å². The summed E-state index contributed by atoms with van der Waals surface area (Å²) >= 11 is 0. The molecule has 0 saturated heterocycles. The van der Waals surface area contributed by atoms with Gasteiger partial charge in [0.1, 0.15) is 5.76 Å². The van der Waals surface area contributed by atoms with E-state index in [0.717, 1.165) is 18.7 Å². The summed E-state index contributed by atoms with van der Waals surface area (Å²) in [4.78, 5) is 2.56. The minimum atomic E-state index is 0.150. The van der Waals surface area contributed by atoms with E-state index in [-0.39, 0.29) is 12.1 Å². The molecule has 0 bridgehead atoms. The number of rotatable bonds is 6. The van der Waals surface area contributed by atoms with E-state index in [9.17, 15) is 0 Å². The summed E-state index contributed by atoms with van der Waals surface area (Å²) in [5, 5.41) is 0. The Balaban J connectivity index is 2.20. The molecule has 2 N–H and O–H groups in total. The topological polar surface area (TPSA) is 42.4 Å². The Morgan fingerprint density at radius 3 is 2.61 bits per heavy atom. The van der Waals surface area contributed by atoms with Crippen LogP contribution < -0.4 is 5.73 Å². The Labute approximate surface area is 110 Å². The molecule has 1 aromatic heterocycles. The van der Waals surface area contributed by atoms with E-state index in [1.807, 2.05) is 6.07 Å². The van der Waals surface area contributed by atoms with Crippen molar-refractivity contribution in [2.75, 3.05) is 6.54 Å². The first-order chi connectivity index (χ1) is 8.77. The van der Waals surface area contributed by atoms with Gasteiger partial charge in [0.25, 0.3) is 0 Å². The maximum atomic E-state index is 6.35. The number of furan rings is 1. The van der Waals surface area contributed by atoms with Crippen LogP contribution in [-0.4, -0.2) is 23.5 Å². The molecule has 3 nitrogen and oxygen atoms in total. The summed E-state index contributed by atoms with van der Waals surface area (Å²) in [6, 6.07) is 5.10. The first kappa shape index (κ1) is 13.6. The van der Waals surface area contributed by atoms with Crippen molar-refractivity contribution in [1.29, 1.82) is 0 Å². The van der Waals surface area contributed by atoms with Gasteiger partial charge in [0.05, 0.1) is 12.3 Å². The third kappa shape index (κ3) is 2.78. The molecule has 2 atom stereocenters. The molecule has 2 unspecified atom stereocenters. The number of hydrogen-bond donors (Lipinski definition) is 1. The van der Waals surface area contributed by atoms with Crippen LogP contribution >= 0.6 is 0 Å². The third-order valence-electron chi connectivity index (χ3n) is 4.23. The van der Waals surface area contributed by atoms with Gasteiger partial charge in [0.2, 0.25) is 0 Å². The molecule has 18 heavy (non-hydrogen) atoms. The average molecular weight is 250 g/mol. The fraction of sp³-hybridized carbons (Fsp3) is 0.733. The van der Waals surface area contributed by atoms with Gasteiger partial charge in [-0.25, -0.2) is 0 Å². The quantitative estimate of drug-likeness (QED) is 0.842. The Kier molecular flexibility index (Phi) is 4.84. The Morgan fingerprint density at radius 1 is 1.39 bits per heavy atom. The van der Waals surface area contributed by atoms with Crippen molar-refractivity contribution in [2.24, 2.45) is 5.73 Å². The first-order valence-electron chi connectivity index (χ1n) is 7.32. The number of nitrogens with zero attached hydrogens (tertiary/aromatic N) is 1. The minimum Gasteiger partial charge on any atom is -0.468 e. The standard InChI is InChI=1S/C15H26N2O/c1-3-13(16)15(14-10-7-11-18-14)17(4-2)12-8-5-6-9-12/h7,10-13,15H,3-6,8-9,16H2,1-2H3. The summed E-state index contributed by atoms with van der Waals surface area (Å²) in [6.45, 7) is 5.43. The number of nitrogens with two attached hydrogens (primary N) is 1. The molecule has 1 heterocycles. The molecule has 1 saturated carbocycles. The van der Waals surface area contributed by atoms with E-state index in [4.69, 9.17) is 10.2 Å². The second-order valence-electron chi connectivity index (χ2n) is 5.30. The van der Waals surface area contributed by atoms with Gasteiger partial charge in [-0.3, -0.25) is 4.90 Å². The lowest BCUT2D eigenvalue weighted by atomic mass is 9.99. The predicted octanol–water partition coefficient (Wildman–Crippen LogP) is 3.32. The largest absolute Gasteiger partial charge is 0.468 e. The highest BCUT2D eigenvalue weighted by Gasteiger charge is 2.33. The van der Waals surface area contributed by atoms with E-state index in [0.29, 0.717) is 6.04 Å². The van der Waals surface area contributed by atoms with Crippen LogP contribution in [0.25, 0.3) is 0 Å². The third-order valence-corrected chi connectivity index (χ3v) is 4.23. The Hall–Kier alpha value is -0.800. The molecule has 1 aromatic rings. The van der Waals surface area contributed by atoms with Crippen LogP contribution in [0.1, 0.15) is 57.8 Å². The maximum Gasteiger partial charge on any atom is 0.122 e. The fourth-order valence-electron chi connectivity index (χ4n) is 3.22. The van der Waals surface area contributed by atoms with Crippen LogP contribution in [0.2, 0.25) is 0 Å². The van der Waals surface area contributed by atoms with Crippen LogP contribution in [0.15, 0.2) is 22.8 Å².